The number of fused-ring (bicyclic) bond motifs is 1. The Morgan fingerprint density at radius 3 is 2.62 bits per heavy atom. The van der Waals surface area contributed by atoms with Crippen LogP contribution in [-0.4, -0.2) is 96.9 Å². The normalized spacial score (nSPS) is 25.8. The molecule has 180 valence electrons. The van der Waals surface area contributed by atoms with Gasteiger partial charge < -0.3 is 29.1 Å². The second-order valence-corrected chi connectivity index (χ2v) is 7.85. The van der Waals surface area contributed by atoms with Crippen LogP contribution in [0.25, 0.3) is 0 Å². The van der Waals surface area contributed by atoms with E-state index >= 15 is 0 Å². The Morgan fingerprint density at radius 2 is 1.97 bits per heavy atom. The van der Waals surface area contributed by atoms with E-state index in [9.17, 15) is 13.2 Å². The summed E-state index contributed by atoms with van der Waals surface area (Å²) in [5.41, 5.74) is 0. The Hall–Kier alpha value is -2.18. The Morgan fingerprint density at radius 1 is 1.25 bits per heavy atom. The maximum Gasteiger partial charge on any atom is 0.490 e. The van der Waals surface area contributed by atoms with Crippen molar-refractivity contribution in [1.29, 1.82) is 0 Å². The first kappa shape index (κ1) is 24.5. The van der Waals surface area contributed by atoms with Crippen molar-refractivity contribution in [1.82, 2.24) is 14.9 Å². The van der Waals surface area contributed by atoms with Crippen LogP contribution in [0.3, 0.4) is 0 Å². The van der Waals surface area contributed by atoms with Gasteiger partial charge in [-0.3, -0.25) is 0 Å². The summed E-state index contributed by atoms with van der Waals surface area (Å²) in [5.74, 6) is -1.24. The predicted octanol–water partition coefficient (Wildman–Crippen LogP) is 1.97. The second-order valence-electron chi connectivity index (χ2n) is 7.85. The average Bonchev–Trinajstić information content (AvgIpc) is 3.44. The maximum atomic E-state index is 10.6. The average molecular weight is 462 g/mol. The molecule has 4 rings (SSSR count). The number of hydrogen-bond acceptors (Lipinski definition) is 8. The Balaban J connectivity index is 0.000000360. The summed E-state index contributed by atoms with van der Waals surface area (Å²) in [6, 6.07) is 2.23. The van der Waals surface area contributed by atoms with Crippen LogP contribution in [0.15, 0.2) is 12.4 Å². The highest BCUT2D eigenvalue weighted by Crippen LogP contribution is 2.34. The molecular formula is C20H29F3N4O5. The zero-order valence-corrected chi connectivity index (χ0v) is 18.0. The molecule has 1 N–H and O–H groups in total. The molecule has 0 amide bonds. The van der Waals surface area contributed by atoms with Crippen molar-refractivity contribution in [3.05, 3.63) is 12.4 Å². The summed E-state index contributed by atoms with van der Waals surface area (Å²) in [6.45, 7) is 5.85. The molecule has 0 unspecified atom stereocenters. The summed E-state index contributed by atoms with van der Waals surface area (Å²) < 4.78 is 49.3. The minimum atomic E-state index is -5.08. The van der Waals surface area contributed by atoms with Crippen molar-refractivity contribution >= 4 is 11.8 Å². The fourth-order valence-electron chi connectivity index (χ4n) is 4.32. The lowest BCUT2D eigenvalue weighted by atomic mass is 10.1. The number of carboxylic acids is 1. The number of hydrogen-bond donors (Lipinski definition) is 1. The number of halogens is 3. The Kier molecular flexibility index (Phi) is 8.49. The van der Waals surface area contributed by atoms with Crippen LogP contribution in [-0.2, 0) is 14.3 Å². The van der Waals surface area contributed by atoms with Crippen LogP contribution in [0, 0.1) is 0 Å². The van der Waals surface area contributed by atoms with Gasteiger partial charge in [-0.25, -0.2) is 14.8 Å². The molecule has 3 heterocycles. The highest BCUT2D eigenvalue weighted by Gasteiger charge is 2.44. The number of carboxylic acid groups (broad SMARTS) is 1. The number of aromatic nitrogens is 2. The largest absolute Gasteiger partial charge is 0.490 e. The quantitative estimate of drug-likeness (QED) is 0.681. The zero-order valence-electron chi connectivity index (χ0n) is 18.0. The van der Waals surface area contributed by atoms with E-state index < -0.39 is 12.1 Å². The molecule has 1 aliphatic carbocycles. The van der Waals surface area contributed by atoms with Crippen molar-refractivity contribution in [3.63, 3.8) is 0 Å². The first-order valence-electron chi connectivity index (χ1n) is 10.7. The number of carbonyl (C=O) groups is 1. The van der Waals surface area contributed by atoms with E-state index in [-0.39, 0.29) is 12.2 Å². The molecule has 3 aliphatic rings. The molecule has 0 radical (unpaired) electrons. The van der Waals surface area contributed by atoms with Gasteiger partial charge in [-0.2, -0.15) is 13.2 Å². The maximum absolute atomic E-state index is 10.6. The fourth-order valence-corrected chi connectivity index (χ4v) is 4.32. The molecule has 0 aromatic carbocycles. The number of nitrogens with zero attached hydrogens (tertiary/aromatic N) is 4. The van der Waals surface area contributed by atoms with Crippen LogP contribution in [0.4, 0.5) is 19.0 Å². The lowest BCUT2D eigenvalue weighted by molar-refractivity contribution is -0.192. The van der Waals surface area contributed by atoms with E-state index in [1.54, 1.807) is 13.4 Å². The highest BCUT2D eigenvalue weighted by atomic mass is 19.4. The van der Waals surface area contributed by atoms with Gasteiger partial charge >= 0.3 is 12.1 Å². The van der Waals surface area contributed by atoms with Crippen LogP contribution < -0.4 is 9.64 Å². The topological polar surface area (TPSA) is 97.3 Å². The third-order valence-corrected chi connectivity index (χ3v) is 5.85. The van der Waals surface area contributed by atoms with Crippen molar-refractivity contribution in [2.75, 3.05) is 51.4 Å². The van der Waals surface area contributed by atoms with Gasteiger partial charge in [0.25, 0.3) is 0 Å². The van der Waals surface area contributed by atoms with Crippen molar-refractivity contribution in [2.45, 2.75) is 50.1 Å². The van der Waals surface area contributed by atoms with Gasteiger partial charge in [0.15, 0.2) is 0 Å². The minimum Gasteiger partial charge on any atom is -0.481 e. The first-order chi connectivity index (χ1) is 15.3. The van der Waals surface area contributed by atoms with E-state index in [0.29, 0.717) is 18.5 Å². The third-order valence-electron chi connectivity index (χ3n) is 5.85. The lowest BCUT2D eigenvalue weighted by Gasteiger charge is -2.39. The van der Waals surface area contributed by atoms with E-state index in [2.05, 4.69) is 19.8 Å². The highest BCUT2D eigenvalue weighted by molar-refractivity contribution is 5.73. The zero-order chi connectivity index (χ0) is 23.1. The summed E-state index contributed by atoms with van der Waals surface area (Å²) in [5, 5.41) is 7.12. The number of alkyl halides is 3. The van der Waals surface area contributed by atoms with Gasteiger partial charge in [0.2, 0.25) is 5.88 Å². The molecule has 3 atom stereocenters. The number of ether oxygens (including phenoxy) is 3. The number of morpholine rings is 1. The van der Waals surface area contributed by atoms with Crippen molar-refractivity contribution < 1.29 is 37.3 Å². The number of likely N-dealkylation sites (tertiary alicyclic amines) is 1. The molecule has 0 bridgehead atoms. The minimum absolute atomic E-state index is 0.133. The van der Waals surface area contributed by atoms with Crippen molar-refractivity contribution in [3.8, 4) is 5.88 Å². The summed E-state index contributed by atoms with van der Waals surface area (Å²) in [4.78, 5) is 22.3. The SMILES string of the molecule is COc1cc(N2CCO[C@H]3[C@H](OCCN4CCCC4)CC[C@@H]32)ncn1.O=C(O)C(F)(F)F. The van der Waals surface area contributed by atoms with E-state index in [1.165, 1.54) is 25.9 Å². The van der Waals surface area contributed by atoms with E-state index in [0.717, 1.165) is 38.4 Å². The van der Waals surface area contributed by atoms with Gasteiger partial charge in [-0.1, -0.05) is 0 Å². The summed E-state index contributed by atoms with van der Waals surface area (Å²) in [6.07, 6.45) is 1.59. The molecule has 3 fully saturated rings. The summed E-state index contributed by atoms with van der Waals surface area (Å²) >= 11 is 0. The molecule has 9 nitrogen and oxygen atoms in total. The molecular weight excluding hydrogens is 433 g/mol. The molecule has 0 spiro atoms. The Bertz CT molecular complexity index is 748. The molecule has 32 heavy (non-hydrogen) atoms. The van der Waals surface area contributed by atoms with E-state index in [1.807, 2.05) is 6.07 Å². The molecule has 2 aliphatic heterocycles. The molecule has 1 aromatic heterocycles. The van der Waals surface area contributed by atoms with Crippen LogP contribution in [0.5, 0.6) is 5.88 Å². The summed E-state index contributed by atoms with van der Waals surface area (Å²) in [7, 11) is 1.63. The monoisotopic (exact) mass is 462 g/mol. The lowest BCUT2D eigenvalue weighted by Crippen LogP contribution is -2.52. The molecule has 12 heteroatoms. The first-order valence-corrected chi connectivity index (χ1v) is 10.7. The van der Waals surface area contributed by atoms with Gasteiger partial charge in [-0.05, 0) is 38.8 Å². The van der Waals surface area contributed by atoms with Gasteiger partial charge in [0.05, 0.1) is 32.5 Å². The smallest absolute Gasteiger partial charge is 0.481 e. The fraction of sp³-hybridized carbons (Fsp3) is 0.750. The van der Waals surface area contributed by atoms with Gasteiger partial charge in [0.1, 0.15) is 18.2 Å². The molecule has 1 aromatic rings. The predicted molar refractivity (Wildman–Crippen MR) is 108 cm³/mol. The molecule has 1 saturated carbocycles. The van der Waals surface area contributed by atoms with Gasteiger partial charge in [0, 0.05) is 19.2 Å². The van der Waals surface area contributed by atoms with Crippen molar-refractivity contribution in [2.24, 2.45) is 0 Å². The number of anilines is 1. The van der Waals surface area contributed by atoms with Crippen LogP contribution in [0.1, 0.15) is 25.7 Å². The Labute approximate surface area is 184 Å². The number of methoxy groups -OCH3 is 1. The van der Waals surface area contributed by atoms with Crippen LogP contribution >= 0.6 is 0 Å². The number of aliphatic carboxylic acids is 1. The van der Waals surface area contributed by atoms with Crippen LogP contribution in [0.2, 0.25) is 0 Å². The second kappa shape index (κ2) is 11.1. The third kappa shape index (κ3) is 6.42. The van der Waals surface area contributed by atoms with Gasteiger partial charge in [-0.15, -0.1) is 0 Å². The number of rotatable bonds is 6. The molecule has 2 saturated heterocycles. The van der Waals surface area contributed by atoms with E-state index in [4.69, 9.17) is 24.1 Å². The standard InChI is InChI=1S/C18H28N4O3.C2HF3O2/c1-23-17-12-16(19-13-20-17)22-9-11-25-18-14(22)4-5-15(18)24-10-8-21-6-2-3-7-21;3-2(4,5)1(6)7/h12-15,18H,2-11H2,1H3;(H,6,7)/t14-,15+,18+;/m0./s1.